The largest absolute Gasteiger partial charge is 0.357 e. The van der Waals surface area contributed by atoms with Crippen molar-refractivity contribution < 1.29 is 0 Å². The van der Waals surface area contributed by atoms with Crippen LogP contribution in [0.1, 0.15) is 22.4 Å². The molecule has 0 unspecified atom stereocenters. The van der Waals surface area contributed by atoms with Crippen LogP contribution >= 0.6 is 35.3 Å². The molecule has 7 heteroatoms. The van der Waals surface area contributed by atoms with Gasteiger partial charge in [0.2, 0.25) is 0 Å². The SMILES string of the molecule is CCc1cnc(CNC(=NC)NCc2ccn(C)c2)s1.I. The van der Waals surface area contributed by atoms with E-state index in [4.69, 9.17) is 0 Å². The molecule has 0 radical (unpaired) electrons. The Balaban J connectivity index is 0.00000220. The number of rotatable bonds is 5. The monoisotopic (exact) mass is 419 g/mol. The Morgan fingerprint density at radius 2 is 2.14 bits per heavy atom. The Kier molecular flexibility index (Phi) is 7.73. The van der Waals surface area contributed by atoms with Crippen molar-refractivity contribution in [2.75, 3.05) is 7.05 Å². The molecule has 116 valence electrons. The van der Waals surface area contributed by atoms with Crippen LogP contribution in [0.2, 0.25) is 0 Å². The first kappa shape index (κ1) is 18.0. The predicted molar refractivity (Wildman–Crippen MR) is 99.4 cm³/mol. The van der Waals surface area contributed by atoms with Gasteiger partial charge in [0.25, 0.3) is 0 Å². The number of halogens is 1. The molecule has 21 heavy (non-hydrogen) atoms. The molecule has 0 atom stereocenters. The number of nitrogens with zero attached hydrogens (tertiary/aromatic N) is 3. The summed E-state index contributed by atoms with van der Waals surface area (Å²) >= 11 is 1.74. The van der Waals surface area contributed by atoms with Crippen molar-refractivity contribution in [1.29, 1.82) is 0 Å². The van der Waals surface area contributed by atoms with Crippen molar-refractivity contribution in [3.63, 3.8) is 0 Å². The van der Waals surface area contributed by atoms with Crippen LogP contribution in [0.25, 0.3) is 0 Å². The molecule has 0 aliphatic carbocycles. The number of nitrogens with one attached hydrogen (secondary N) is 2. The molecule has 2 aromatic rings. The van der Waals surface area contributed by atoms with Crippen LogP contribution in [-0.4, -0.2) is 22.6 Å². The third kappa shape index (κ3) is 5.66. The Hall–Kier alpha value is -1.09. The van der Waals surface area contributed by atoms with E-state index in [9.17, 15) is 0 Å². The number of aliphatic imine (C=N–C) groups is 1. The van der Waals surface area contributed by atoms with Gasteiger partial charge in [-0.1, -0.05) is 6.92 Å². The normalized spacial score (nSPS) is 11.1. The molecule has 2 N–H and O–H groups in total. The quantitative estimate of drug-likeness (QED) is 0.445. The molecule has 2 aromatic heterocycles. The first-order chi connectivity index (χ1) is 9.71. The van der Waals surface area contributed by atoms with Gasteiger partial charge < -0.3 is 15.2 Å². The molecule has 2 rings (SSSR count). The fourth-order valence-corrected chi connectivity index (χ4v) is 2.63. The maximum absolute atomic E-state index is 4.38. The minimum absolute atomic E-state index is 0. The standard InChI is InChI=1S/C14H21N5S.HI/c1-4-12-8-16-13(20-12)9-18-14(15-2)17-7-11-5-6-19(3)10-11;/h5-6,8,10H,4,7,9H2,1-3H3,(H2,15,17,18);1H. The minimum Gasteiger partial charge on any atom is -0.357 e. The van der Waals surface area contributed by atoms with E-state index in [0.717, 1.165) is 23.9 Å². The molecule has 0 amide bonds. The lowest BCUT2D eigenvalue weighted by Crippen LogP contribution is -2.36. The van der Waals surface area contributed by atoms with Crippen LogP contribution in [0.4, 0.5) is 0 Å². The molecular weight excluding hydrogens is 397 g/mol. The molecule has 0 aromatic carbocycles. The van der Waals surface area contributed by atoms with E-state index >= 15 is 0 Å². The van der Waals surface area contributed by atoms with Gasteiger partial charge in [-0.2, -0.15) is 0 Å². The lowest BCUT2D eigenvalue weighted by atomic mass is 10.3. The van der Waals surface area contributed by atoms with Crippen molar-refractivity contribution >= 4 is 41.3 Å². The average Bonchev–Trinajstić information content (AvgIpc) is 3.08. The van der Waals surface area contributed by atoms with Crippen LogP contribution in [-0.2, 0) is 26.6 Å². The zero-order valence-corrected chi connectivity index (χ0v) is 15.7. The highest BCUT2D eigenvalue weighted by Gasteiger charge is 2.03. The van der Waals surface area contributed by atoms with E-state index in [1.165, 1.54) is 10.4 Å². The van der Waals surface area contributed by atoms with E-state index in [1.54, 1.807) is 18.4 Å². The molecule has 2 heterocycles. The Bertz CT molecular complexity index is 575. The predicted octanol–water partition coefficient (Wildman–Crippen LogP) is 2.53. The molecule has 0 spiro atoms. The van der Waals surface area contributed by atoms with Crippen LogP contribution in [0, 0.1) is 0 Å². The molecule has 5 nitrogen and oxygen atoms in total. The second-order valence-corrected chi connectivity index (χ2v) is 5.74. The maximum Gasteiger partial charge on any atom is 0.191 e. The summed E-state index contributed by atoms with van der Waals surface area (Å²) in [6.07, 6.45) is 7.12. The van der Waals surface area contributed by atoms with E-state index < -0.39 is 0 Å². The lowest BCUT2D eigenvalue weighted by molar-refractivity contribution is 0.802. The summed E-state index contributed by atoms with van der Waals surface area (Å²) in [5, 5.41) is 7.66. The first-order valence-corrected chi connectivity index (χ1v) is 7.52. The van der Waals surface area contributed by atoms with E-state index in [1.807, 2.05) is 24.0 Å². The summed E-state index contributed by atoms with van der Waals surface area (Å²) in [6.45, 7) is 3.61. The molecular formula is C14H22IN5S. The topological polar surface area (TPSA) is 54.2 Å². The number of aryl methyl sites for hydroxylation is 2. The lowest BCUT2D eigenvalue weighted by Gasteiger charge is -2.09. The Morgan fingerprint density at radius 3 is 2.71 bits per heavy atom. The summed E-state index contributed by atoms with van der Waals surface area (Å²) in [7, 11) is 3.80. The smallest absolute Gasteiger partial charge is 0.191 e. The molecule has 0 saturated heterocycles. The zero-order valence-electron chi connectivity index (χ0n) is 12.6. The number of thiazole rings is 1. The average molecular weight is 419 g/mol. The van der Waals surface area contributed by atoms with Crippen molar-refractivity contribution in [2.24, 2.45) is 12.0 Å². The Labute approximate surface area is 146 Å². The number of aromatic nitrogens is 2. The van der Waals surface area contributed by atoms with Crippen molar-refractivity contribution in [1.82, 2.24) is 20.2 Å². The number of guanidine groups is 1. The molecule has 0 aliphatic heterocycles. The van der Waals surface area contributed by atoms with Crippen molar-refractivity contribution in [3.05, 3.63) is 40.1 Å². The molecule has 0 bridgehead atoms. The third-order valence-corrected chi connectivity index (χ3v) is 4.08. The third-order valence-electron chi connectivity index (χ3n) is 2.93. The van der Waals surface area contributed by atoms with Crippen LogP contribution in [0.3, 0.4) is 0 Å². The van der Waals surface area contributed by atoms with Gasteiger partial charge >= 0.3 is 0 Å². The van der Waals surface area contributed by atoms with E-state index in [2.05, 4.69) is 39.8 Å². The van der Waals surface area contributed by atoms with Gasteiger partial charge in [0.1, 0.15) is 5.01 Å². The summed E-state index contributed by atoms with van der Waals surface area (Å²) in [5.74, 6) is 0.794. The van der Waals surface area contributed by atoms with E-state index in [0.29, 0.717) is 6.54 Å². The van der Waals surface area contributed by atoms with Crippen LogP contribution < -0.4 is 10.6 Å². The second kappa shape index (κ2) is 9.04. The minimum atomic E-state index is 0. The first-order valence-electron chi connectivity index (χ1n) is 6.70. The van der Waals surface area contributed by atoms with Gasteiger partial charge in [-0.05, 0) is 18.1 Å². The highest BCUT2D eigenvalue weighted by molar-refractivity contribution is 14.0. The zero-order chi connectivity index (χ0) is 14.4. The second-order valence-electron chi connectivity index (χ2n) is 4.54. The van der Waals surface area contributed by atoms with Gasteiger partial charge in [0.05, 0.1) is 6.54 Å². The van der Waals surface area contributed by atoms with Gasteiger partial charge in [0.15, 0.2) is 5.96 Å². The van der Waals surface area contributed by atoms with E-state index in [-0.39, 0.29) is 24.0 Å². The molecule has 0 fully saturated rings. The van der Waals surface area contributed by atoms with Gasteiger partial charge in [-0.25, -0.2) is 4.98 Å². The Morgan fingerprint density at radius 1 is 1.38 bits per heavy atom. The van der Waals surface area contributed by atoms with Crippen molar-refractivity contribution in [3.8, 4) is 0 Å². The van der Waals surface area contributed by atoms with Gasteiger partial charge in [-0.15, -0.1) is 35.3 Å². The van der Waals surface area contributed by atoms with Crippen molar-refractivity contribution in [2.45, 2.75) is 26.4 Å². The fraction of sp³-hybridized carbons (Fsp3) is 0.429. The summed E-state index contributed by atoms with van der Waals surface area (Å²) in [4.78, 5) is 9.92. The summed E-state index contributed by atoms with van der Waals surface area (Å²) < 4.78 is 2.04. The highest BCUT2D eigenvalue weighted by Crippen LogP contribution is 2.12. The summed E-state index contributed by atoms with van der Waals surface area (Å²) in [6, 6.07) is 2.09. The van der Waals surface area contributed by atoms with Gasteiger partial charge in [-0.3, -0.25) is 4.99 Å². The molecule has 0 saturated carbocycles. The number of hydrogen-bond donors (Lipinski definition) is 2. The fourth-order valence-electron chi connectivity index (χ4n) is 1.82. The highest BCUT2D eigenvalue weighted by atomic mass is 127. The molecule has 0 aliphatic rings. The van der Waals surface area contributed by atoms with Gasteiger partial charge in [0, 0.05) is 44.1 Å². The van der Waals surface area contributed by atoms with Crippen LogP contribution in [0.15, 0.2) is 29.6 Å². The maximum atomic E-state index is 4.38. The summed E-state index contributed by atoms with van der Waals surface area (Å²) in [5.41, 5.74) is 1.23. The number of hydrogen-bond acceptors (Lipinski definition) is 3. The van der Waals surface area contributed by atoms with Crippen LogP contribution in [0.5, 0.6) is 0 Å².